The molecule has 20 heavy (non-hydrogen) atoms. The number of aromatic nitrogens is 1. The Morgan fingerprint density at radius 2 is 1.30 bits per heavy atom. The molecule has 3 rings (SSSR count). The maximum absolute atomic E-state index is 5.94. The Morgan fingerprint density at radius 3 is 1.85 bits per heavy atom. The molecule has 5 heteroatoms. The first-order valence-electron chi connectivity index (χ1n) is 5.82. The quantitative estimate of drug-likeness (QED) is 0.488. The van der Waals surface area contributed by atoms with Crippen molar-refractivity contribution in [3.8, 4) is 21.7 Å². The maximum Gasteiger partial charge on any atom is 0.160 e. The molecule has 0 radical (unpaired) electrons. The minimum Gasteiger partial charge on any atom is -0.228 e. The van der Waals surface area contributed by atoms with Crippen LogP contribution in [0.15, 0.2) is 52.4 Å². The zero-order valence-corrected chi connectivity index (χ0v) is 14.0. The van der Waals surface area contributed by atoms with Crippen molar-refractivity contribution >= 4 is 50.5 Å². The Morgan fingerprint density at radius 1 is 0.800 bits per heavy atom. The Balaban J connectivity index is 2.12. The summed E-state index contributed by atoms with van der Waals surface area (Å²) in [5.74, 6) is 0. The van der Waals surface area contributed by atoms with E-state index >= 15 is 0 Å². The van der Waals surface area contributed by atoms with Crippen LogP contribution in [0.3, 0.4) is 0 Å². The van der Waals surface area contributed by atoms with E-state index in [1.807, 2.05) is 48.5 Å². The first-order chi connectivity index (χ1) is 9.63. The molecule has 0 unspecified atom stereocenters. The van der Waals surface area contributed by atoms with Crippen LogP contribution in [0.5, 0.6) is 0 Å². The molecule has 0 amide bonds. The fraction of sp³-hybridized carbons (Fsp3) is 0. The third kappa shape index (κ3) is 2.91. The molecule has 0 saturated carbocycles. The monoisotopic (exact) mass is 383 g/mol. The van der Waals surface area contributed by atoms with Crippen molar-refractivity contribution in [2.24, 2.45) is 0 Å². The first kappa shape index (κ1) is 14.1. The molecule has 2 aromatic carbocycles. The van der Waals surface area contributed by atoms with E-state index in [-0.39, 0.29) is 0 Å². The van der Waals surface area contributed by atoms with Gasteiger partial charge in [0, 0.05) is 15.6 Å². The molecule has 0 aliphatic carbocycles. The molecule has 1 heterocycles. The van der Waals surface area contributed by atoms with Gasteiger partial charge in [-0.2, -0.15) is 0 Å². The Bertz CT molecular complexity index is 673. The zero-order chi connectivity index (χ0) is 14.1. The van der Waals surface area contributed by atoms with Crippen LogP contribution in [-0.4, -0.2) is 4.98 Å². The van der Waals surface area contributed by atoms with E-state index in [1.54, 1.807) is 11.3 Å². The smallest absolute Gasteiger partial charge is 0.160 e. The molecule has 1 aromatic heterocycles. The number of hydrogen-bond donors (Lipinski definition) is 0. The summed E-state index contributed by atoms with van der Waals surface area (Å²) >= 11 is 16.9. The van der Waals surface area contributed by atoms with Crippen LogP contribution in [0.25, 0.3) is 21.7 Å². The highest BCUT2D eigenvalue weighted by Gasteiger charge is 2.13. The van der Waals surface area contributed by atoms with Crippen LogP contribution in [0, 0.1) is 0 Å². The van der Waals surface area contributed by atoms with Gasteiger partial charge in [-0.3, -0.25) is 0 Å². The van der Waals surface area contributed by atoms with Gasteiger partial charge >= 0.3 is 0 Å². The molecule has 0 aliphatic rings. The largest absolute Gasteiger partial charge is 0.228 e. The van der Waals surface area contributed by atoms with Crippen LogP contribution in [0.4, 0.5) is 0 Å². The summed E-state index contributed by atoms with van der Waals surface area (Å²) in [7, 11) is 0. The summed E-state index contributed by atoms with van der Waals surface area (Å²) in [5.41, 5.74) is 3.09. The van der Waals surface area contributed by atoms with E-state index in [0.717, 1.165) is 35.7 Å². The molecular weight excluding hydrogens is 377 g/mol. The standard InChI is InChI=1S/C15H8BrCl2NS/c16-15-19-13(9-1-5-11(17)6-2-9)14(20-15)10-3-7-12(18)8-4-10/h1-8H. The van der Waals surface area contributed by atoms with Crippen molar-refractivity contribution in [3.05, 3.63) is 62.5 Å². The van der Waals surface area contributed by atoms with Gasteiger partial charge in [0.1, 0.15) is 0 Å². The molecule has 0 bridgehead atoms. The minimum absolute atomic E-state index is 0.719. The predicted molar refractivity (Wildman–Crippen MR) is 90.7 cm³/mol. The van der Waals surface area contributed by atoms with Gasteiger partial charge in [-0.1, -0.05) is 47.5 Å². The normalized spacial score (nSPS) is 10.8. The van der Waals surface area contributed by atoms with Gasteiger partial charge in [0.15, 0.2) is 3.92 Å². The lowest BCUT2D eigenvalue weighted by Crippen LogP contribution is -1.82. The predicted octanol–water partition coefficient (Wildman–Crippen LogP) is 6.55. The number of halogens is 3. The van der Waals surface area contributed by atoms with Crippen molar-refractivity contribution < 1.29 is 0 Å². The highest BCUT2D eigenvalue weighted by molar-refractivity contribution is 9.11. The zero-order valence-electron chi connectivity index (χ0n) is 10.1. The highest BCUT2D eigenvalue weighted by atomic mass is 79.9. The average molecular weight is 385 g/mol. The van der Waals surface area contributed by atoms with Gasteiger partial charge < -0.3 is 0 Å². The van der Waals surface area contributed by atoms with Crippen LogP contribution in [-0.2, 0) is 0 Å². The van der Waals surface area contributed by atoms with Gasteiger partial charge in [-0.05, 0) is 45.8 Å². The van der Waals surface area contributed by atoms with Crippen molar-refractivity contribution in [2.75, 3.05) is 0 Å². The van der Waals surface area contributed by atoms with Crippen molar-refractivity contribution in [1.29, 1.82) is 0 Å². The number of nitrogens with zero attached hydrogens (tertiary/aromatic N) is 1. The number of thiazole rings is 1. The summed E-state index contributed by atoms with van der Waals surface area (Å²) in [5, 5.41) is 1.45. The lowest BCUT2D eigenvalue weighted by Gasteiger charge is -2.03. The van der Waals surface area contributed by atoms with Crippen molar-refractivity contribution in [1.82, 2.24) is 4.98 Å². The van der Waals surface area contributed by atoms with E-state index in [4.69, 9.17) is 23.2 Å². The average Bonchev–Trinajstić information content (AvgIpc) is 2.82. The molecule has 0 fully saturated rings. The molecule has 100 valence electrons. The lowest BCUT2D eigenvalue weighted by molar-refractivity contribution is 1.37. The third-order valence-corrected chi connectivity index (χ3v) is 4.88. The third-order valence-electron chi connectivity index (χ3n) is 2.83. The molecule has 1 nitrogen and oxygen atoms in total. The van der Waals surface area contributed by atoms with Gasteiger partial charge in [-0.25, -0.2) is 4.98 Å². The summed E-state index contributed by atoms with van der Waals surface area (Å²) in [4.78, 5) is 5.68. The molecule has 0 N–H and O–H groups in total. The van der Waals surface area contributed by atoms with Crippen molar-refractivity contribution in [2.45, 2.75) is 0 Å². The summed E-state index contributed by atoms with van der Waals surface area (Å²) in [6.07, 6.45) is 0. The fourth-order valence-electron chi connectivity index (χ4n) is 1.89. The molecule has 0 aliphatic heterocycles. The highest BCUT2D eigenvalue weighted by Crippen LogP contribution is 2.39. The molecular formula is C15H8BrCl2NS. The SMILES string of the molecule is Clc1ccc(-c2nc(Br)sc2-c2ccc(Cl)cc2)cc1. The molecule has 0 saturated heterocycles. The summed E-state index contributed by atoms with van der Waals surface area (Å²) < 4.78 is 0.854. The Labute approximate surface area is 139 Å². The number of hydrogen-bond acceptors (Lipinski definition) is 2. The Kier molecular flexibility index (Phi) is 4.13. The van der Waals surface area contributed by atoms with E-state index in [2.05, 4.69) is 20.9 Å². The second kappa shape index (κ2) is 5.86. The van der Waals surface area contributed by atoms with Crippen molar-refractivity contribution in [3.63, 3.8) is 0 Å². The van der Waals surface area contributed by atoms with Crippen LogP contribution in [0.2, 0.25) is 10.0 Å². The maximum atomic E-state index is 5.94. The van der Waals surface area contributed by atoms with Crippen LogP contribution >= 0.6 is 50.5 Å². The van der Waals surface area contributed by atoms with Gasteiger partial charge in [0.05, 0.1) is 10.6 Å². The number of benzene rings is 2. The number of rotatable bonds is 2. The van der Waals surface area contributed by atoms with E-state index < -0.39 is 0 Å². The molecule has 0 spiro atoms. The van der Waals surface area contributed by atoms with Gasteiger partial charge in [0.25, 0.3) is 0 Å². The van der Waals surface area contributed by atoms with Gasteiger partial charge in [0.2, 0.25) is 0 Å². The van der Waals surface area contributed by atoms with E-state index in [0.29, 0.717) is 0 Å². The summed E-state index contributed by atoms with van der Waals surface area (Å²) in [6.45, 7) is 0. The lowest BCUT2D eigenvalue weighted by atomic mass is 10.1. The minimum atomic E-state index is 0.719. The topological polar surface area (TPSA) is 12.9 Å². The fourth-order valence-corrected chi connectivity index (χ4v) is 3.63. The second-order valence-electron chi connectivity index (χ2n) is 4.16. The van der Waals surface area contributed by atoms with Crippen LogP contribution in [0.1, 0.15) is 0 Å². The second-order valence-corrected chi connectivity index (χ2v) is 7.31. The Hall–Kier alpha value is -0.870. The van der Waals surface area contributed by atoms with E-state index in [9.17, 15) is 0 Å². The summed E-state index contributed by atoms with van der Waals surface area (Å²) in [6, 6.07) is 15.5. The molecule has 0 atom stereocenters. The van der Waals surface area contributed by atoms with E-state index in [1.165, 1.54) is 0 Å². The molecule has 3 aromatic rings. The van der Waals surface area contributed by atoms with Crippen LogP contribution < -0.4 is 0 Å². The van der Waals surface area contributed by atoms with Gasteiger partial charge in [-0.15, -0.1) is 11.3 Å². The first-order valence-corrected chi connectivity index (χ1v) is 8.18.